The summed E-state index contributed by atoms with van der Waals surface area (Å²) in [5.74, 6) is 2.17. The number of halogens is 1. The zero-order chi connectivity index (χ0) is 16.1. The van der Waals surface area contributed by atoms with Crippen LogP contribution in [0.3, 0.4) is 0 Å². The Morgan fingerprint density at radius 1 is 1.29 bits per heavy atom. The van der Waals surface area contributed by atoms with Crippen LogP contribution in [0.1, 0.15) is 51.0 Å². The van der Waals surface area contributed by atoms with Gasteiger partial charge >= 0.3 is 0 Å². The number of aromatic nitrogens is 1. The molecular formula is C18H29IN4O. The number of nitrogens with zero attached hydrogens (tertiary/aromatic N) is 3. The minimum absolute atomic E-state index is 0. The third-order valence-corrected chi connectivity index (χ3v) is 4.95. The molecule has 3 rings (SSSR count). The van der Waals surface area contributed by atoms with E-state index in [2.05, 4.69) is 21.8 Å². The molecule has 1 saturated heterocycles. The molecular weight excluding hydrogens is 415 g/mol. The lowest BCUT2D eigenvalue weighted by Gasteiger charge is -2.31. The Morgan fingerprint density at radius 2 is 2.00 bits per heavy atom. The van der Waals surface area contributed by atoms with Gasteiger partial charge in [0, 0.05) is 24.8 Å². The average Bonchev–Trinajstić information content (AvgIpc) is 3.07. The van der Waals surface area contributed by atoms with Crippen molar-refractivity contribution >= 4 is 29.9 Å². The second-order valence-electron chi connectivity index (χ2n) is 6.84. The van der Waals surface area contributed by atoms with Crippen LogP contribution in [-0.4, -0.2) is 35.0 Å². The number of pyridine rings is 1. The number of rotatable bonds is 4. The van der Waals surface area contributed by atoms with Crippen LogP contribution in [0.2, 0.25) is 0 Å². The van der Waals surface area contributed by atoms with Gasteiger partial charge in [-0.1, -0.05) is 13.0 Å². The van der Waals surface area contributed by atoms with Crippen molar-refractivity contribution < 1.29 is 4.74 Å². The fourth-order valence-electron chi connectivity index (χ4n) is 3.32. The second-order valence-corrected chi connectivity index (χ2v) is 6.84. The first-order valence-corrected chi connectivity index (χ1v) is 8.88. The molecule has 1 aromatic rings. The first-order valence-electron chi connectivity index (χ1n) is 8.88. The number of piperidine rings is 1. The fraction of sp³-hybridized carbons (Fsp3) is 0.667. The van der Waals surface area contributed by atoms with E-state index < -0.39 is 0 Å². The molecule has 0 bridgehead atoms. The van der Waals surface area contributed by atoms with E-state index in [-0.39, 0.29) is 24.0 Å². The van der Waals surface area contributed by atoms with Crippen LogP contribution in [0.15, 0.2) is 23.3 Å². The third-order valence-electron chi connectivity index (χ3n) is 4.95. The van der Waals surface area contributed by atoms with Crippen LogP contribution in [0.25, 0.3) is 0 Å². The van der Waals surface area contributed by atoms with E-state index in [0.29, 0.717) is 18.6 Å². The first-order chi connectivity index (χ1) is 11.2. The lowest BCUT2D eigenvalue weighted by atomic mass is 10.00. The van der Waals surface area contributed by atoms with Crippen LogP contribution in [-0.2, 0) is 6.54 Å². The van der Waals surface area contributed by atoms with Crippen LogP contribution in [0.5, 0.6) is 5.88 Å². The number of aliphatic imine (C=N–C) groups is 1. The highest BCUT2D eigenvalue weighted by molar-refractivity contribution is 14.0. The Morgan fingerprint density at radius 3 is 2.71 bits per heavy atom. The van der Waals surface area contributed by atoms with Crippen molar-refractivity contribution in [3.63, 3.8) is 0 Å². The summed E-state index contributed by atoms with van der Waals surface area (Å²) in [5.41, 5.74) is 7.19. The Balaban J connectivity index is 0.00000208. The molecule has 1 aromatic heterocycles. The molecule has 134 valence electrons. The summed E-state index contributed by atoms with van der Waals surface area (Å²) < 4.78 is 6.06. The summed E-state index contributed by atoms with van der Waals surface area (Å²) in [6.45, 7) is 4.85. The summed E-state index contributed by atoms with van der Waals surface area (Å²) in [4.78, 5) is 11.2. The minimum Gasteiger partial charge on any atom is -0.474 e. The van der Waals surface area contributed by atoms with Crippen molar-refractivity contribution in [2.45, 2.75) is 58.1 Å². The second kappa shape index (κ2) is 9.44. The number of likely N-dealkylation sites (tertiary alicyclic amines) is 1. The van der Waals surface area contributed by atoms with Gasteiger partial charge in [-0.2, -0.15) is 0 Å². The smallest absolute Gasteiger partial charge is 0.218 e. The molecule has 6 heteroatoms. The van der Waals surface area contributed by atoms with Crippen molar-refractivity contribution in [2.24, 2.45) is 16.6 Å². The maximum Gasteiger partial charge on any atom is 0.218 e. The SMILES string of the molecule is CC1CCN(C(N)=NCc2cccnc2OC2CCCC2)CC1.I. The quantitative estimate of drug-likeness (QED) is 0.438. The molecule has 2 fully saturated rings. The summed E-state index contributed by atoms with van der Waals surface area (Å²) >= 11 is 0. The van der Waals surface area contributed by atoms with Gasteiger partial charge in [-0.05, 0) is 50.5 Å². The lowest BCUT2D eigenvalue weighted by Crippen LogP contribution is -2.42. The zero-order valence-corrected chi connectivity index (χ0v) is 16.8. The van der Waals surface area contributed by atoms with E-state index in [0.717, 1.165) is 43.3 Å². The van der Waals surface area contributed by atoms with Gasteiger partial charge in [0.15, 0.2) is 5.96 Å². The molecule has 0 spiro atoms. The molecule has 1 aliphatic carbocycles. The van der Waals surface area contributed by atoms with Crippen molar-refractivity contribution in [2.75, 3.05) is 13.1 Å². The minimum atomic E-state index is 0. The number of guanidine groups is 1. The average molecular weight is 444 g/mol. The summed E-state index contributed by atoms with van der Waals surface area (Å²) in [6, 6.07) is 3.97. The summed E-state index contributed by atoms with van der Waals surface area (Å²) in [7, 11) is 0. The molecule has 0 atom stereocenters. The Bertz CT molecular complexity index is 538. The number of nitrogens with two attached hydrogens (primary N) is 1. The molecule has 0 radical (unpaired) electrons. The zero-order valence-electron chi connectivity index (χ0n) is 14.5. The van der Waals surface area contributed by atoms with Crippen LogP contribution >= 0.6 is 24.0 Å². The molecule has 24 heavy (non-hydrogen) atoms. The first kappa shape index (κ1) is 19.3. The highest BCUT2D eigenvalue weighted by Gasteiger charge is 2.19. The molecule has 5 nitrogen and oxygen atoms in total. The van der Waals surface area contributed by atoms with Gasteiger partial charge in [-0.25, -0.2) is 9.98 Å². The third kappa shape index (κ3) is 5.22. The molecule has 0 unspecified atom stereocenters. The molecule has 2 heterocycles. The van der Waals surface area contributed by atoms with Gasteiger partial charge in [0.1, 0.15) is 6.10 Å². The topological polar surface area (TPSA) is 63.7 Å². The van der Waals surface area contributed by atoms with Crippen molar-refractivity contribution in [3.8, 4) is 5.88 Å². The highest BCUT2D eigenvalue weighted by atomic mass is 127. The predicted octanol–water partition coefficient (Wildman–Crippen LogP) is 3.57. The van der Waals surface area contributed by atoms with E-state index in [1.54, 1.807) is 6.20 Å². The molecule has 2 N–H and O–H groups in total. The Hall–Kier alpha value is -1.05. The van der Waals surface area contributed by atoms with E-state index >= 15 is 0 Å². The molecule has 2 aliphatic rings. The van der Waals surface area contributed by atoms with Crippen LogP contribution < -0.4 is 10.5 Å². The van der Waals surface area contributed by atoms with Gasteiger partial charge in [-0.15, -0.1) is 24.0 Å². The van der Waals surface area contributed by atoms with E-state index in [4.69, 9.17) is 10.5 Å². The largest absolute Gasteiger partial charge is 0.474 e. The van der Waals surface area contributed by atoms with E-state index in [1.807, 2.05) is 12.1 Å². The predicted molar refractivity (Wildman–Crippen MR) is 108 cm³/mol. The maximum atomic E-state index is 6.17. The fourth-order valence-corrected chi connectivity index (χ4v) is 3.32. The van der Waals surface area contributed by atoms with Gasteiger partial charge < -0.3 is 15.4 Å². The van der Waals surface area contributed by atoms with Crippen molar-refractivity contribution in [3.05, 3.63) is 23.9 Å². The molecule has 0 aromatic carbocycles. The number of ether oxygens (including phenoxy) is 1. The Kier molecular flexibility index (Phi) is 7.58. The van der Waals surface area contributed by atoms with Crippen molar-refractivity contribution in [1.82, 2.24) is 9.88 Å². The van der Waals surface area contributed by atoms with E-state index in [9.17, 15) is 0 Å². The van der Waals surface area contributed by atoms with Gasteiger partial charge in [-0.3, -0.25) is 0 Å². The van der Waals surface area contributed by atoms with Crippen LogP contribution in [0.4, 0.5) is 0 Å². The van der Waals surface area contributed by atoms with Gasteiger partial charge in [0.05, 0.1) is 6.54 Å². The standard InChI is InChI=1S/C18H28N4O.HI/c1-14-8-11-22(12-9-14)18(19)21-13-15-5-4-10-20-17(15)23-16-6-2-3-7-16;/h4-5,10,14,16H,2-3,6-9,11-13H2,1H3,(H2,19,21);1H. The number of hydrogen-bond donors (Lipinski definition) is 1. The molecule has 1 saturated carbocycles. The highest BCUT2D eigenvalue weighted by Crippen LogP contribution is 2.25. The lowest BCUT2D eigenvalue weighted by molar-refractivity contribution is 0.199. The van der Waals surface area contributed by atoms with Crippen LogP contribution in [0, 0.1) is 5.92 Å². The van der Waals surface area contributed by atoms with Gasteiger partial charge in [0.25, 0.3) is 0 Å². The normalized spacial score (nSPS) is 20.0. The molecule has 0 amide bonds. The maximum absolute atomic E-state index is 6.17. The summed E-state index contributed by atoms with van der Waals surface area (Å²) in [5, 5.41) is 0. The monoisotopic (exact) mass is 444 g/mol. The summed E-state index contributed by atoms with van der Waals surface area (Å²) in [6.07, 6.45) is 9.26. The van der Waals surface area contributed by atoms with Gasteiger partial charge in [0.2, 0.25) is 5.88 Å². The number of hydrogen-bond acceptors (Lipinski definition) is 3. The molecule has 1 aliphatic heterocycles. The van der Waals surface area contributed by atoms with E-state index in [1.165, 1.54) is 25.7 Å². The Labute approximate surface area is 162 Å². The van der Waals surface area contributed by atoms with Crippen molar-refractivity contribution in [1.29, 1.82) is 0 Å².